The van der Waals surface area contributed by atoms with Crippen LogP contribution in [0.3, 0.4) is 0 Å². The number of hydrogen-bond donors (Lipinski definition) is 3. The summed E-state index contributed by atoms with van der Waals surface area (Å²) >= 11 is 6.62. The first-order valence-corrected chi connectivity index (χ1v) is 14.8. The highest BCUT2D eigenvalue weighted by atomic mass is 35.5. The highest BCUT2D eigenvalue weighted by Crippen LogP contribution is 2.35. The van der Waals surface area contributed by atoms with Crippen LogP contribution in [0.4, 0.5) is 0 Å². The van der Waals surface area contributed by atoms with Gasteiger partial charge >= 0.3 is 5.97 Å². The van der Waals surface area contributed by atoms with E-state index in [-0.39, 0.29) is 13.2 Å². The zero-order valence-corrected chi connectivity index (χ0v) is 26.5. The van der Waals surface area contributed by atoms with Crippen molar-refractivity contribution in [3.05, 3.63) is 112 Å². The van der Waals surface area contributed by atoms with Gasteiger partial charge in [-0.25, -0.2) is 0 Å². The smallest absolute Gasteiger partial charge is 0.308 e. The molecule has 0 saturated carbocycles. The monoisotopic (exact) mass is 639 g/mol. The first kappa shape index (κ1) is 33.8. The van der Waals surface area contributed by atoms with Crippen LogP contribution in [0.25, 0.3) is 22.2 Å². The molecule has 10 nitrogen and oxygen atoms in total. The first-order valence-electron chi connectivity index (χ1n) is 14.4. The number of halogens is 1. The normalized spacial score (nSPS) is 11.2. The number of aromatic nitrogens is 3. The SMILES string of the molecule is CC(CO)C(=O)O.CNCc1cc(Cl)c(OCc2cccc(-c3ccc4nccnc4c3)c2C)cc1OCc1cncc(C#N)c1. The van der Waals surface area contributed by atoms with Crippen LogP contribution in [0, 0.1) is 24.2 Å². The Labute approximate surface area is 272 Å². The van der Waals surface area contributed by atoms with Gasteiger partial charge in [0.25, 0.3) is 0 Å². The summed E-state index contributed by atoms with van der Waals surface area (Å²) in [4.78, 5) is 22.7. The minimum Gasteiger partial charge on any atom is -0.488 e. The number of carboxylic acid groups (broad SMARTS) is 1. The number of pyridine rings is 1. The van der Waals surface area contributed by atoms with E-state index < -0.39 is 11.9 Å². The molecule has 1 atom stereocenters. The van der Waals surface area contributed by atoms with E-state index in [0.29, 0.717) is 35.2 Å². The second-order valence-corrected chi connectivity index (χ2v) is 10.9. The van der Waals surface area contributed by atoms with Gasteiger partial charge in [0.2, 0.25) is 0 Å². The van der Waals surface area contributed by atoms with Crippen molar-refractivity contribution in [2.45, 2.75) is 33.6 Å². The Morgan fingerprint density at radius 3 is 2.46 bits per heavy atom. The maximum Gasteiger partial charge on any atom is 0.308 e. The van der Waals surface area contributed by atoms with E-state index in [1.165, 1.54) is 13.1 Å². The Balaban J connectivity index is 0.000000617. The third kappa shape index (κ3) is 8.76. The van der Waals surface area contributed by atoms with Crippen LogP contribution in [0.15, 0.2) is 79.4 Å². The first-order chi connectivity index (χ1) is 22.2. The number of nitrogens with one attached hydrogen (secondary N) is 1. The third-order valence-electron chi connectivity index (χ3n) is 7.11. The highest BCUT2D eigenvalue weighted by Gasteiger charge is 2.14. The lowest BCUT2D eigenvalue weighted by molar-refractivity contribution is -0.142. The summed E-state index contributed by atoms with van der Waals surface area (Å²) in [7, 11) is 1.86. The molecule has 0 bridgehead atoms. The third-order valence-corrected chi connectivity index (χ3v) is 7.40. The molecule has 0 saturated heterocycles. The molecular weight excluding hydrogens is 606 g/mol. The molecule has 5 rings (SSSR count). The summed E-state index contributed by atoms with van der Waals surface area (Å²) in [6.45, 7) is 4.43. The van der Waals surface area contributed by atoms with Gasteiger partial charge in [0, 0.05) is 48.5 Å². The van der Waals surface area contributed by atoms with Crippen molar-refractivity contribution in [2.24, 2.45) is 5.92 Å². The Morgan fingerprint density at radius 2 is 1.76 bits per heavy atom. The average Bonchev–Trinajstić information content (AvgIpc) is 3.07. The van der Waals surface area contributed by atoms with E-state index in [1.807, 2.05) is 31.3 Å². The summed E-state index contributed by atoms with van der Waals surface area (Å²) < 4.78 is 12.3. The molecule has 0 spiro atoms. The van der Waals surface area contributed by atoms with Crippen molar-refractivity contribution in [1.29, 1.82) is 5.26 Å². The molecule has 2 aromatic heterocycles. The second kappa shape index (κ2) is 16.3. The van der Waals surface area contributed by atoms with E-state index in [2.05, 4.69) is 57.5 Å². The number of fused-ring (bicyclic) bond motifs is 1. The van der Waals surface area contributed by atoms with Gasteiger partial charge < -0.3 is 25.0 Å². The maximum atomic E-state index is 9.77. The zero-order valence-electron chi connectivity index (χ0n) is 25.7. The molecule has 236 valence electrons. The van der Waals surface area contributed by atoms with Crippen molar-refractivity contribution >= 4 is 28.6 Å². The van der Waals surface area contributed by atoms with Crippen LogP contribution in [-0.2, 0) is 24.6 Å². The molecule has 0 aliphatic rings. The Hall–Kier alpha value is -5.08. The fourth-order valence-electron chi connectivity index (χ4n) is 4.46. The number of aliphatic hydroxyl groups excluding tert-OH is 1. The number of carboxylic acids is 1. The molecule has 3 N–H and O–H groups in total. The van der Waals surface area contributed by atoms with E-state index >= 15 is 0 Å². The second-order valence-electron chi connectivity index (χ2n) is 10.5. The Kier molecular flexibility index (Phi) is 12.0. The highest BCUT2D eigenvalue weighted by molar-refractivity contribution is 6.32. The molecule has 0 fully saturated rings. The number of aliphatic carboxylic acids is 1. The summed E-state index contributed by atoms with van der Waals surface area (Å²) in [5.41, 5.74) is 8.24. The Morgan fingerprint density at radius 1 is 1.00 bits per heavy atom. The van der Waals surface area contributed by atoms with Gasteiger partial charge in [-0.1, -0.05) is 35.9 Å². The van der Waals surface area contributed by atoms with Gasteiger partial charge in [0.15, 0.2) is 0 Å². The van der Waals surface area contributed by atoms with Crippen LogP contribution in [-0.4, -0.2) is 44.8 Å². The zero-order chi connectivity index (χ0) is 33.1. The Bertz CT molecular complexity index is 1860. The summed E-state index contributed by atoms with van der Waals surface area (Å²) in [6.07, 6.45) is 6.60. The molecule has 0 aliphatic heterocycles. The molecule has 0 aliphatic carbocycles. The predicted octanol–water partition coefficient (Wildman–Crippen LogP) is 6.10. The molecular formula is C35H34ClN5O5. The van der Waals surface area contributed by atoms with Gasteiger partial charge in [0.1, 0.15) is 30.8 Å². The number of benzene rings is 3. The lowest BCUT2D eigenvalue weighted by Crippen LogP contribution is -2.12. The predicted molar refractivity (Wildman–Crippen MR) is 175 cm³/mol. The largest absolute Gasteiger partial charge is 0.488 e. The van der Waals surface area contributed by atoms with Crippen LogP contribution in [0.5, 0.6) is 11.5 Å². The minimum absolute atomic E-state index is 0.262. The van der Waals surface area contributed by atoms with Crippen molar-refractivity contribution < 1.29 is 24.5 Å². The number of ether oxygens (including phenoxy) is 2. The van der Waals surface area contributed by atoms with Crippen molar-refractivity contribution in [3.8, 4) is 28.7 Å². The quantitative estimate of drug-likeness (QED) is 0.155. The minimum atomic E-state index is -0.956. The van der Waals surface area contributed by atoms with Crippen LogP contribution in [0.2, 0.25) is 5.02 Å². The van der Waals surface area contributed by atoms with Gasteiger partial charge in [-0.05, 0) is 67.4 Å². The van der Waals surface area contributed by atoms with Crippen molar-refractivity contribution in [2.75, 3.05) is 13.7 Å². The van der Waals surface area contributed by atoms with Crippen LogP contribution < -0.4 is 14.8 Å². The molecule has 2 heterocycles. The molecule has 5 aromatic rings. The number of hydrogen-bond acceptors (Lipinski definition) is 9. The summed E-state index contributed by atoms with van der Waals surface area (Å²) in [5.74, 6) is -0.405. The van der Waals surface area contributed by atoms with Crippen molar-refractivity contribution in [3.63, 3.8) is 0 Å². The molecule has 46 heavy (non-hydrogen) atoms. The number of nitriles is 1. The fraction of sp³-hybridized carbons (Fsp3) is 0.229. The molecule has 0 amide bonds. The van der Waals surface area contributed by atoms with Gasteiger partial charge in [-0.2, -0.15) is 5.26 Å². The van der Waals surface area contributed by atoms with Crippen LogP contribution >= 0.6 is 11.6 Å². The standard InChI is InChI=1S/C31H26ClN5O2.C4H8O3/c1-20-24(4-3-5-26(20)23-6-7-28-29(12-23)37-9-8-36-28)19-39-31-13-30(25(17-34-2)11-27(31)32)38-18-22-10-21(14-33)15-35-16-22;1-3(2-5)4(6)7/h3-13,15-16,34H,17-19H2,1-2H3;3,5H,2H2,1H3,(H,6,7). The van der Waals surface area contributed by atoms with Gasteiger partial charge in [-0.15, -0.1) is 0 Å². The molecule has 3 aromatic carbocycles. The summed E-state index contributed by atoms with van der Waals surface area (Å²) in [5, 5.41) is 28.9. The lowest BCUT2D eigenvalue weighted by atomic mass is 9.96. The average molecular weight is 640 g/mol. The van der Waals surface area contributed by atoms with E-state index in [0.717, 1.165) is 44.4 Å². The lowest BCUT2D eigenvalue weighted by Gasteiger charge is -2.17. The van der Waals surface area contributed by atoms with Crippen LogP contribution in [0.1, 0.15) is 34.7 Å². The molecule has 0 radical (unpaired) electrons. The van der Waals surface area contributed by atoms with Crippen molar-refractivity contribution in [1.82, 2.24) is 20.3 Å². The molecule has 1 unspecified atom stereocenters. The van der Waals surface area contributed by atoms with Gasteiger partial charge in [0.05, 0.1) is 34.1 Å². The van der Waals surface area contributed by atoms with Gasteiger partial charge in [-0.3, -0.25) is 19.7 Å². The topological polar surface area (TPSA) is 150 Å². The number of carbonyl (C=O) groups is 1. The molecule has 11 heteroatoms. The van der Waals surface area contributed by atoms with E-state index in [4.69, 9.17) is 36.5 Å². The van der Waals surface area contributed by atoms with E-state index in [1.54, 1.807) is 24.7 Å². The van der Waals surface area contributed by atoms with E-state index in [9.17, 15) is 4.79 Å². The maximum absolute atomic E-state index is 9.77. The number of rotatable bonds is 11. The number of aliphatic hydroxyl groups is 1. The summed E-state index contributed by atoms with van der Waals surface area (Å²) in [6, 6.07) is 19.8. The number of nitrogens with zero attached hydrogens (tertiary/aromatic N) is 4. The fourth-order valence-corrected chi connectivity index (χ4v) is 4.70.